The molecule has 0 aliphatic carbocycles. The van der Waals surface area contributed by atoms with E-state index in [-0.39, 0.29) is 17.4 Å². The lowest BCUT2D eigenvalue weighted by Gasteiger charge is -2.31. The number of carboxylic acid groups (broad SMARTS) is 1. The lowest BCUT2D eigenvalue weighted by molar-refractivity contribution is -0.121. The first-order valence-corrected chi connectivity index (χ1v) is 6.41. The fourth-order valence-electron chi connectivity index (χ4n) is 1.88. The number of amides is 1. The number of benzene rings is 1. The summed E-state index contributed by atoms with van der Waals surface area (Å²) in [7, 11) is 0. The second kappa shape index (κ2) is 5.59. The predicted octanol–water partition coefficient (Wildman–Crippen LogP) is 1.83. The number of carbonyl (C=O) groups excluding carboxylic acids is 1. The van der Waals surface area contributed by atoms with E-state index in [9.17, 15) is 9.59 Å². The third-order valence-electron chi connectivity index (χ3n) is 3.40. The summed E-state index contributed by atoms with van der Waals surface area (Å²) in [6.07, 6.45) is 0. The highest BCUT2D eigenvalue weighted by Crippen LogP contribution is 2.25. The molecule has 6 heteroatoms. The zero-order chi connectivity index (χ0) is 14.0. The van der Waals surface area contributed by atoms with Crippen molar-refractivity contribution in [3.05, 3.63) is 28.8 Å². The molecule has 19 heavy (non-hydrogen) atoms. The normalized spacial score (nSPS) is 16.5. The Morgan fingerprint density at radius 2 is 2.16 bits per heavy atom. The first-order chi connectivity index (χ1) is 8.99. The molecule has 2 rings (SSSR count). The van der Waals surface area contributed by atoms with E-state index in [4.69, 9.17) is 16.7 Å². The Kier molecular flexibility index (Phi) is 4.07. The largest absolute Gasteiger partial charge is 0.478 e. The maximum atomic E-state index is 12.0. The van der Waals surface area contributed by atoms with Crippen LogP contribution in [0.15, 0.2) is 18.2 Å². The molecule has 1 heterocycles. The molecule has 0 spiro atoms. The second-order valence-electron chi connectivity index (χ2n) is 4.70. The van der Waals surface area contributed by atoms with Gasteiger partial charge in [-0.1, -0.05) is 18.5 Å². The average Bonchev–Trinajstić information content (AvgIpc) is 2.29. The number of halogens is 1. The summed E-state index contributed by atoms with van der Waals surface area (Å²) in [5.41, 5.74) is 0.434. The molecule has 5 nitrogen and oxygen atoms in total. The Labute approximate surface area is 116 Å². The minimum atomic E-state index is -1.05. The van der Waals surface area contributed by atoms with Crippen molar-refractivity contribution in [3.63, 3.8) is 0 Å². The van der Waals surface area contributed by atoms with Gasteiger partial charge in [-0.2, -0.15) is 0 Å². The van der Waals surface area contributed by atoms with Gasteiger partial charge in [0.15, 0.2) is 0 Å². The van der Waals surface area contributed by atoms with Crippen LogP contribution in [0.3, 0.4) is 0 Å². The number of aromatic carboxylic acids is 1. The smallest absolute Gasteiger partial charge is 0.335 e. The van der Waals surface area contributed by atoms with Crippen LogP contribution in [0.2, 0.25) is 5.02 Å². The molecule has 1 aromatic carbocycles. The molecule has 102 valence electrons. The lowest BCUT2D eigenvalue weighted by atomic mass is 9.88. The number of rotatable bonds is 4. The van der Waals surface area contributed by atoms with Gasteiger partial charge in [-0.3, -0.25) is 4.79 Å². The molecule has 1 saturated heterocycles. The molecular weight excluding hydrogens is 268 g/mol. The molecule has 0 bridgehead atoms. The van der Waals surface area contributed by atoms with Gasteiger partial charge in [-0.15, -0.1) is 0 Å². The van der Waals surface area contributed by atoms with Crippen LogP contribution < -0.4 is 10.6 Å². The van der Waals surface area contributed by atoms with E-state index in [0.29, 0.717) is 16.6 Å². The molecule has 1 aromatic rings. The van der Waals surface area contributed by atoms with Crippen molar-refractivity contribution in [2.45, 2.75) is 6.92 Å². The third kappa shape index (κ3) is 3.05. The Hall–Kier alpha value is -1.59. The summed E-state index contributed by atoms with van der Waals surface area (Å²) in [4.78, 5) is 22.9. The van der Waals surface area contributed by atoms with E-state index >= 15 is 0 Å². The van der Waals surface area contributed by atoms with Crippen LogP contribution in [0.5, 0.6) is 0 Å². The molecule has 1 fully saturated rings. The Balaban J connectivity index is 2.11. The Morgan fingerprint density at radius 3 is 2.68 bits per heavy atom. The monoisotopic (exact) mass is 282 g/mol. The van der Waals surface area contributed by atoms with Crippen LogP contribution in [0.25, 0.3) is 0 Å². The fraction of sp³-hybridized carbons (Fsp3) is 0.385. The van der Waals surface area contributed by atoms with Crippen LogP contribution in [0.4, 0.5) is 5.69 Å². The topological polar surface area (TPSA) is 78.4 Å². The first kappa shape index (κ1) is 13.8. The lowest BCUT2D eigenvalue weighted by Crippen LogP contribution is -2.48. The van der Waals surface area contributed by atoms with Crippen molar-refractivity contribution in [2.24, 2.45) is 11.8 Å². The van der Waals surface area contributed by atoms with E-state index in [0.717, 1.165) is 13.1 Å². The number of hydrogen-bond donors (Lipinski definition) is 3. The number of carboxylic acids is 1. The van der Waals surface area contributed by atoms with Gasteiger partial charge in [0, 0.05) is 5.92 Å². The molecule has 0 radical (unpaired) electrons. The van der Waals surface area contributed by atoms with Crippen LogP contribution in [0.1, 0.15) is 17.3 Å². The van der Waals surface area contributed by atoms with Gasteiger partial charge in [0.2, 0.25) is 5.91 Å². The minimum absolute atomic E-state index is 0.0951. The second-order valence-corrected chi connectivity index (χ2v) is 5.10. The van der Waals surface area contributed by atoms with Crippen molar-refractivity contribution in [1.29, 1.82) is 0 Å². The summed E-state index contributed by atoms with van der Waals surface area (Å²) >= 11 is 5.96. The van der Waals surface area contributed by atoms with Crippen LogP contribution in [0, 0.1) is 11.8 Å². The van der Waals surface area contributed by atoms with E-state index in [1.807, 2.05) is 6.92 Å². The highest BCUT2D eigenvalue weighted by Gasteiger charge is 2.29. The molecule has 1 atom stereocenters. The summed E-state index contributed by atoms with van der Waals surface area (Å²) in [6.45, 7) is 3.52. The highest BCUT2D eigenvalue weighted by molar-refractivity contribution is 6.33. The van der Waals surface area contributed by atoms with E-state index in [2.05, 4.69) is 10.6 Å². The van der Waals surface area contributed by atoms with E-state index in [1.165, 1.54) is 18.2 Å². The number of carbonyl (C=O) groups is 2. The van der Waals surface area contributed by atoms with Gasteiger partial charge >= 0.3 is 5.97 Å². The van der Waals surface area contributed by atoms with Gasteiger partial charge in [0.25, 0.3) is 0 Å². The number of nitrogens with one attached hydrogen (secondary N) is 2. The van der Waals surface area contributed by atoms with Crippen LogP contribution in [-0.2, 0) is 4.79 Å². The van der Waals surface area contributed by atoms with Crippen molar-refractivity contribution in [1.82, 2.24) is 5.32 Å². The van der Waals surface area contributed by atoms with Crippen molar-refractivity contribution in [3.8, 4) is 0 Å². The molecule has 1 unspecified atom stereocenters. The van der Waals surface area contributed by atoms with Gasteiger partial charge in [-0.25, -0.2) is 4.79 Å². The maximum absolute atomic E-state index is 12.0. The zero-order valence-electron chi connectivity index (χ0n) is 10.4. The summed E-state index contributed by atoms with van der Waals surface area (Å²) in [6, 6.07) is 4.24. The molecule has 1 aliphatic heterocycles. The molecule has 0 saturated carbocycles. The summed E-state index contributed by atoms with van der Waals surface area (Å²) in [5.74, 6) is -1.01. The van der Waals surface area contributed by atoms with Gasteiger partial charge in [0.05, 0.1) is 16.3 Å². The molecular formula is C13H15ClN2O3. The Morgan fingerprint density at radius 1 is 1.47 bits per heavy atom. The first-order valence-electron chi connectivity index (χ1n) is 6.03. The SMILES string of the molecule is CC(C(=O)Nc1cc(C(=O)O)ccc1Cl)C1CNC1. The standard InChI is InChI=1S/C13H15ClN2O3/c1-7(9-5-15-6-9)12(17)16-11-4-8(13(18)19)2-3-10(11)14/h2-4,7,9,15H,5-6H2,1H3,(H,16,17)(H,18,19). The van der Waals surface area contributed by atoms with Crippen LogP contribution >= 0.6 is 11.6 Å². The summed E-state index contributed by atoms with van der Waals surface area (Å²) in [5, 5.41) is 15.1. The van der Waals surface area contributed by atoms with Gasteiger partial charge in [-0.05, 0) is 37.2 Å². The number of anilines is 1. The van der Waals surface area contributed by atoms with Crippen molar-refractivity contribution >= 4 is 29.2 Å². The predicted molar refractivity (Wildman–Crippen MR) is 72.6 cm³/mol. The third-order valence-corrected chi connectivity index (χ3v) is 3.73. The van der Waals surface area contributed by atoms with E-state index in [1.54, 1.807) is 0 Å². The molecule has 1 amide bonds. The summed E-state index contributed by atoms with van der Waals surface area (Å²) < 4.78 is 0. The molecule has 3 N–H and O–H groups in total. The average molecular weight is 283 g/mol. The Bertz CT molecular complexity index is 515. The van der Waals surface area contributed by atoms with Gasteiger partial charge < -0.3 is 15.7 Å². The zero-order valence-corrected chi connectivity index (χ0v) is 11.2. The van der Waals surface area contributed by atoms with Crippen molar-refractivity contribution in [2.75, 3.05) is 18.4 Å². The van der Waals surface area contributed by atoms with Gasteiger partial charge in [0.1, 0.15) is 0 Å². The van der Waals surface area contributed by atoms with Crippen molar-refractivity contribution < 1.29 is 14.7 Å². The quantitative estimate of drug-likeness (QED) is 0.787. The highest BCUT2D eigenvalue weighted by atomic mass is 35.5. The fourth-order valence-corrected chi connectivity index (χ4v) is 2.04. The maximum Gasteiger partial charge on any atom is 0.335 e. The van der Waals surface area contributed by atoms with E-state index < -0.39 is 5.97 Å². The molecule has 1 aliphatic rings. The number of hydrogen-bond acceptors (Lipinski definition) is 3. The van der Waals surface area contributed by atoms with Crippen LogP contribution in [-0.4, -0.2) is 30.1 Å². The minimum Gasteiger partial charge on any atom is -0.478 e. The molecule has 0 aromatic heterocycles.